The van der Waals surface area contributed by atoms with Gasteiger partial charge in [0.05, 0.1) is 12.3 Å². The summed E-state index contributed by atoms with van der Waals surface area (Å²) in [6.07, 6.45) is 2.53. The minimum absolute atomic E-state index is 0.0232. The topological polar surface area (TPSA) is 90.0 Å². The number of amides is 3. The van der Waals surface area contributed by atoms with Crippen molar-refractivity contribution in [3.05, 3.63) is 0 Å². The summed E-state index contributed by atoms with van der Waals surface area (Å²) in [6.45, 7) is 2.65. The van der Waals surface area contributed by atoms with Crippen LogP contribution in [0.25, 0.3) is 0 Å². The van der Waals surface area contributed by atoms with Crippen LogP contribution in [0.1, 0.15) is 32.6 Å². The van der Waals surface area contributed by atoms with E-state index in [1.165, 1.54) is 4.90 Å². The first-order chi connectivity index (χ1) is 9.86. The molecule has 0 radical (unpaired) electrons. The molecule has 2 N–H and O–H groups in total. The van der Waals surface area contributed by atoms with Crippen LogP contribution >= 0.6 is 0 Å². The maximum absolute atomic E-state index is 12.5. The Kier molecular flexibility index (Phi) is 6.45. The molecular weight excluding hydrogens is 274 g/mol. The minimum atomic E-state index is -0.888. The predicted molar refractivity (Wildman–Crippen MR) is 77.9 cm³/mol. The van der Waals surface area contributed by atoms with E-state index in [1.54, 1.807) is 25.9 Å². The van der Waals surface area contributed by atoms with Gasteiger partial charge in [-0.2, -0.15) is 0 Å². The van der Waals surface area contributed by atoms with E-state index in [0.29, 0.717) is 13.1 Å². The smallest absolute Gasteiger partial charge is 0.320 e. The summed E-state index contributed by atoms with van der Waals surface area (Å²) >= 11 is 0. The van der Waals surface area contributed by atoms with Gasteiger partial charge in [-0.1, -0.05) is 6.92 Å². The number of likely N-dealkylation sites (tertiary alicyclic amines) is 1. The number of hydrogen-bond acceptors (Lipinski definition) is 3. The SMILES string of the molecule is CNC(=O)C(C)CN(C)C(=O)N1CCCCC1CC(=O)O. The number of carboxylic acids is 1. The van der Waals surface area contributed by atoms with Crippen molar-refractivity contribution in [3.8, 4) is 0 Å². The number of piperidine rings is 1. The average molecular weight is 299 g/mol. The fourth-order valence-electron chi connectivity index (χ4n) is 2.70. The van der Waals surface area contributed by atoms with E-state index in [0.717, 1.165) is 19.3 Å². The summed E-state index contributed by atoms with van der Waals surface area (Å²) in [5, 5.41) is 11.5. The van der Waals surface area contributed by atoms with E-state index in [9.17, 15) is 14.4 Å². The monoisotopic (exact) mass is 299 g/mol. The number of carbonyl (C=O) groups excluding carboxylic acids is 2. The van der Waals surface area contributed by atoms with Crippen LogP contribution in [0, 0.1) is 5.92 Å². The van der Waals surface area contributed by atoms with Crippen molar-refractivity contribution in [2.75, 3.05) is 27.2 Å². The molecule has 0 saturated carbocycles. The van der Waals surface area contributed by atoms with Crippen LogP contribution in [0.2, 0.25) is 0 Å². The van der Waals surface area contributed by atoms with E-state index in [2.05, 4.69) is 5.32 Å². The van der Waals surface area contributed by atoms with E-state index >= 15 is 0 Å². The van der Waals surface area contributed by atoms with Crippen LogP contribution in [0.5, 0.6) is 0 Å². The molecule has 7 nitrogen and oxygen atoms in total. The lowest BCUT2D eigenvalue weighted by atomic mass is 10.00. The fourth-order valence-corrected chi connectivity index (χ4v) is 2.70. The molecule has 2 atom stereocenters. The molecule has 0 aliphatic carbocycles. The Balaban J connectivity index is 2.65. The maximum Gasteiger partial charge on any atom is 0.320 e. The van der Waals surface area contributed by atoms with Crippen LogP contribution in [0.4, 0.5) is 4.79 Å². The number of carboxylic acid groups (broad SMARTS) is 1. The highest BCUT2D eigenvalue weighted by Gasteiger charge is 2.31. The standard InChI is InChI=1S/C14H25N3O4/c1-10(13(20)15-2)9-16(3)14(21)17-7-5-4-6-11(17)8-12(18)19/h10-11H,4-9H2,1-3H3,(H,15,20)(H,18,19). The van der Waals surface area contributed by atoms with E-state index < -0.39 is 5.97 Å². The number of rotatable bonds is 5. The van der Waals surface area contributed by atoms with Crippen molar-refractivity contribution in [1.82, 2.24) is 15.1 Å². The summed E-state index contributed by atoms with van der Waals surface area (Å²) in [4.78, 5) is 38.0. The molecule has 1 saturated heterocycles. The average Bonchev–Trinajstić information content (AvgIpc) is 2.45. The Morgan fingerprint density at radius 1 is 1.38 bits per heavy atom. The Morgan fingerprint density at radius 2 is 2.05 bits per heavy atom. The van der Waals surface area contributed by atoms with Gasteiger partial charge in [-0.15, -0.1) is 0 Å². The molecule has 7 heteroatoms. The van der Waals surface area contributed by atoms with Gasteiger partial charge in [0.25, 0.3) is 0 Å². The molecule has 2 unspecified atom stereocenters. The second-order valence-electron chi connectivity index (χ2n) is 5.62. The van der Waals surface area contributed by atoms with Crippen molar-refractivity contribution >= 4 is 17.9 Å². The van der Waals surface area contributed by atoms with Crippen LogP contribution in [0.15, 0.2) is 0 Å². The molecule has 0 aromatic rings. The number of carbonyl (C=O) groups is 3. The maximum atomic E-state index is 12.5. The molecule has 21 heavy (non-hydrogen) atoms. The lowest BCUT2D eigenvalue weighted by Crippen LogP contribution is -2.51. The summed E-state index contributed by atoms with van der Waals surface area (Å²) in [7, 11) is 3.21. The first kappa shape index (κ1) is 17.3. The molecule has 0 spiro atoms. The third-order valence-electron chi connectivity index (χ3n) is 3.85. The Morgan fingerprint density at radius 3 is 2.62 bits per heavy atom. The zero-order valence-corrected chi connectivity index (χ0v) is 13.0. The van der Waals surface area contributed by atoms with Gasteiger partial charge in [-0.05, 0) is 19.3 Å². The number of aliphatic carboxylic acids is 1. The Bertz CT molecular complexity index is 400. The van der Waals surface area contributed by atoms with Gasteiger partial charge >= 0.3 is 12.0 Å². The van der Waals surface area contributed by atoms with Crippen LogP contribution < -0.4 is 5.32 Å². The number of urea groups is 1. The van der Waals surface area contributed by atoms with E-state index in [-0.39, 0.29) is 30.3 Å². The van der Waals surface area contributed by atoms with Crippen molar-refractivity contribution < 1.29 is 19.5 Å². The highest BCUT2D eigenvalue weighted by molar-refractivity contribution is 5.80. The molecule has 0 bridgehead atoms. The summed E-state index contributed by atoms with van der Waals surface area (Å²) in [6, 6.07) is -0.446. The third kappa shape index (κ3) is 4.91. The molecular formula is C14H25N3O4. The third-order valence-corrected chi connectivity index (χ3v) is 3.85. The number of hydrogen-bond donors (Lipinski definition) is 2. The zero-order chi connectivity index (χ0) is 16.0. The first-order valence-electron chi connectivity index (χ1n) is 7.32. The molecule has 1 aliphatic rings. The van der Waals surface area contributed by atoms with E-state index in [4.69, 9.17) is 5.11 Å². The highest BCUT2D eigenvalue weighted by atomic mass is 16.4. The number of nitrogens with one attached hydrogen (secondary N) is 1. The summed E-state index contributed by atoms with van der Waals surface area (Å²) in [5.74, 6) is -1.30. The fraction of sp³-hybridized carbons (Fsp3) is 0.786. The van der Waals surface area contributed by atoms with Gasteiger partial charge in [-0.3, -0.25) is 9.59 Å². The molecule has 1 fully saturated rings. The van der Waals surface area contributed by atoms with Crippen molar-refractivity contribution in [1.29, 1.82) is 0 Å². The van der Waals surface area contributed by atoms with Crippen LogP contribution in [-0.2, 0) is 9.59 Å². The first-order valence-corrected chi connectivity index (χ1v) is 7.32. The van der Waals surface area contributed by atoms with Gasteiger partial charge in [0.15, 0.2) is 0 Å². The normalized spacial score (nSPS) is 19.8. The molecule has 1 heterocycles. The lowest BCUT2D eigenvalue weighted by molar-refractivity contribution is -0.138. The van der Waals surface area contributed by atoms with Crippen molar-refractivity contribution in [2.24, 2.45) is 5.92 Å². The Labute approximate surface area is 125 Å². The summed E-state index contributed by atoms with van der Waals surface area (Å²) in [5.41, 5.74) is 0. The largest absolute Gasteiger partial charge is 0.481 e. The second kappa shape index (κ2) is 7.85. The van der Waals surface area contributed by atoms with Gasteiger partial charge in [0.2, 0.25) is 5.91 Å². The van der Waals surface area contributed by atoms with Gasteiger partial charge in [0.1, 0.15) is 0 Å². The molecule has 0 aromatic carbocycles. The highest BCUT2D eigenvalue weighted by Crippen LogP contribution is 2.21. The summed E-state index contributed by atoms with van der Waals surface area (Å²) < 4.78 is 0. The lowest BCUT2D eigenvalue weighted by Gasteiger charge is -2.37. The van der Waals surface area contributed by atoms with Gasteiger partial charge in [0, 0.05) is 33.2 Å². The molecule has 0 aromatic heterocycles. The van der Waals surface area contributed by atoms with Crippen LogP contribution in [0.3, 0.4) is 0 Å². The second-order valence-corrected chi connectivity index (χ2v) is 5.62. The predicted octanol–water partition coefficient (Wildman–Crippen LogP) is 0.750. The zero-order valence-electron chi connectivity index (χ0n) is 13.0. The number of nitrogens with zero attached hydrogens (tertiary/aromatic N) is 2. The molecule has 1 rings (SSSR count). The Hall–Kier alpha value is -1.79. The van der Waals surface area contributed by atoms with Gasteiger partial charge < -0.3 is 20.2 Å². The van der Waals surface area contributed by atoms with Crippen molar-refractivity contribution in [2.45, 2.75) is 38.6 Å². The molecule has 1 aliphatic heterocycles. The molecule has 120 valence electrons. The molecule has 3 amide bonds. The van der Waals surface area contributed by atoms with E-state index in [1.807, 2.05) is 0 Å². The minimum Gasteiger partial charge on any atom is -0.481 e. The van der Waals surface area contributed by atoms with Gasteiger partial charge in [-0.25, -0.2) is 4.79 Å². The van der Waals surface area contributed by atoms with Crippen LogP contribution in [-0.4, -0.2) is 66.0 Å². The van der Waals surface area contributed by atoms with Crippen molar-refractivity contribution in [3.63, 3.8) is 0 Å². The quantitative estimate of drug-likeness (QED) is 0.784.